The van der Waals surface area contributed by atoms with Crippen LogP contribution in [0.25, 0.3) is 5.70 Å². The number of hydrogen-bond donors (Lipinski definition) is 5. The molecule has 0 saturated carbocycles. The van der Waals surface area contributed by atoms with Gasteiger partial charge in [0.15, 0.2) is 0 Å². The van der Waals surface area contributed by atoms with Gasteiger partial charge in [0.25, 0.3) is 0 Å². The zero-order valence-electron chi connectivity index (χ0n) is 21.5. The first-order chi connectivity index (χ1) is 18.1. The van der Waals surface area contributed by atoms with Crippen molar-refractivity contribution in [3.63, 3.8) is 0 Å². The molecule has 3 rings (SSSR count). The molecule has 2 aromatic rings. The number of aliphatic imine (C=N–C) groups is 1. The van der Waals surface area contributed by atoms with E-state index in [1.54, 1.807) is 48.4 Å². The number of likely N-dealkylation sites (N-methyl/N-ethyl adjacent to an activating group) is 1. The average molecular weight is 540 g/mol. The van der Waals surface area contributed by atoms with Crippen molar-refractivity contribution in [2.24, 2.45) is 16.6 Å². The van der Waals surface area contributed by atoms with Crippen LogP contribution in [0.2, 0.25) is 0 Å². The SMILES string of the molecule is CC[C@H](C)[C@H](NC(=O)CN1C(c2cccc(N(C)C(=O)C(N)CS)c2O)=CN=Cc2ccccc21)C(=O)O. The highest BCUT2D eigenvalue weighted by Gasteiger charge is 2.29. The number of para-hydroxylation sites is 2. The Hall–Kier alpha value is -3.83. The molecule has 1 aliphatic rings. The number of anilines is 2. The minimum absolute atomic E-state index is 0.136. The van der Waals surface area contributed by atoms with Gasteiger partial charge in [0.05, 0.1) is 29.3 Å². The summed E-state index contributed by atoms with van der Waals surface area (Å²) < 4.78 is 0. The molecule has 0 bridgehead atoms. The first-order valence-electron chi connectivity index (χ1n) is 12.2. The normalized spacial score (nSPS) is 15.0. The lowest BCUT2D eigenvalue weighted by atomic mass is 9.99. The Bertz CT molecular complexity index is 1260. The number of nitrogens with zero attached hydrogens (tertiary/aromatic N) is 3. The number of amides is 2. The maximum Gasteiger partial charge on any atom is 0.326 e. The van der Waals surface area contributed by atoms with Crippen LogP contribution >= 0.6 is 12.6 Å². The summed E-state index contributed by atoms with van der Waals surface area (Å²) in [5.74, 6) is -2.39. The number of carbonyl (C=O) groups excluding carboxylic acids is 2. The van der Waals surface area contributed by atoms with E-state index in [4.69, 9.17) is 5.73 Å². The molecular formula is C27H33N5O5S. The summed E-state index contributed by atoms with van der Waals surface area (Å²) in [4.78, 5) is 44.9. The third kappa shape index (κ3) is 6.17. The van der Waals surface area contributed by atoms with Crippen molar-refractivity contribution < 1.29 is 24.6 Å². The molecule has 2 amide bonds. The lowest BCUT2D eigenvalue weighted by Crippen LogP contribution is -2.48. The van der Waals surface area contributed by atoms with Crippen molar-refractivity contribution in [2.45, 2.75) is 32.4 Å². The smallest absolute Gasteiger partial charge is 0.326 e. The largest absolute Gasteiger partial charge is 0.505 e. The van der Waals surface area contributed by atoms with E-state index >= 15 is 0 Å². The van der Waals surface area contributed by atoms with Gasteiger partial charge in [-0.15, -0.1) is 0 Å². The van der Waals surface area contributed by atoms with Crippen molar-refractivity contribution in [1.29, 1.82) is 0 Å². The van der Waals surface area contributed by atoms with Gasteiger partial charge in [-0.1, -0.05) is 44.5 Å². The van der Waals surface area contributed by atoms with Crippen LogP contribution in [-0.2, 0) is 14.4 Å². The van der Waals surface area contributed by atoms with Gasteiger partial charge in [0, 0.05) is 30.1 Å². The first kappa shape index (κ1) is 28.7. The van der Waals surface area contributed by atoms with Crippen LogP contribution in [0.4, 0.5) is 11.4 Å². The molecule has 2 aromatic carbocycles. The van der Waals surface area contributed by atoms with Crippen LogP contribution in [0.3, 0.4) is 0 Å². The molecule has 11 heteroatoms. The third-order valence-corrected chi connectivity index (χ3v) is 6.92. The Labute approximate surface area is 227 Å². The number of carbonyl (C=O) groups is 3. The van der Waals surface area contributed by atoms with E-state index in [1.807, 2.05) is 19.1 Å². The first-order valence-corrected chi connectivity index (χ1v) is 12.8. The molecule has 1 unspecified atom stereocenters. The number of thiol groups is 1. The predicted molar refractivity (Wildman–Crippen MR) is 152 cm³/mol. The van der Waals surface area contributed by atoms with E-state index in [9.17, 15) is 24.6 Å². The molecule has 38 heavy (non-hydrogen) atoms. The molecule has 1 heterocycles. The zero-order valence-corrected chi connectivity index (χ0v) is 22.4. The lowest BCUT2D eigenvalue weighted by Gasteiger charge is -2.30. The summed E-state index contributed by atoms with van der Waals surface area (Å²) in [6.07, 6.45) is 3.72. The number of rotatable bonds is 10. The summed E-state index contributed by atoms with van der Waals surface area (Å²) in [5, 5.41) is 23.6. The molecule has 0 spiro atoms. The van der Waals surface area contributed by atoms with Crippen molar-refractivity contribution in [3.05, 3.63) is 59.8 Å². The highest BCUT2D eigenvalue weighted by molar-refractivity contribution is 7.80. The number of phenolic OH excluding ortho intramolecular Hbond substituents is 1. The van der Waals surface area contributed by atoms with Gasteiger partial charge in [-0.3, -0.25) is 14.6 Å². The number of fused-ring (bicyclic) bond motifs is 1. The van der Waals surface area contributed by atoms with Crippen LogP contribution in [0, 0.1) is 5.92 Å². The number of hydrogen-bond acceptors (Lipinski definition) is 8. The Balaban J connectivity index is 2.04. The lowest BCUT2D eigenvalue weighted by molar-refractivity contribution is -0.143. The number of nitrogens with two attached hydrogens (primary N) is 1. The highest BCUT2D eigenvalue weighted by Crippen LogP contribution is 2.39. The molecular weight excluding hydrogens is 506 g/mol. The van der Waals surface area contributed by atoms with Gasteiger partial charge < -0.3 is 31.1 Å². The van der Waals surface area contributed by atoms with Gasteiger partial charge in [-0.05, 0) is 24.1 Å². The molecule has 0 aliphatic carbocycles. The number of aliphatic carboxylic acids is 1. The van der Waals surface area contributed by atoms with E-state index < -0.39 is 29.9 Å². The Morgan fingerprint density at radius 2 is 1.89 bits per heavy atom. The molecule has 10 nitrogen and oxygen atoms in total. The molecule has 0 saturated heterocycles. The van der Waals surface area contributed by atoms with Gasteiger partial charge >= 0.3 is 5.97 Å². The van der Waals surface area contributed by atoms with Crippen LogP contribution in [0.5, 0.6) is 5.75 Å². The molecule has 0 radical (unpaired) electrons. The highest BCUT2D eigenvalue weighted by atomic mass is 32.1. The molecule has 0 fully saturated rings. The Morgan fingerprint density at radius 3 is 2.55 bits per heavy atom. The van der Waals surface area contributed by atoms with Crippen LogP contribution in [0.15, 0.2) is 53.7 Å². The molecule has 3 atom stereocenters. The van der Waals surface area contributed by atoms with E-state index in [-0.39, 0.29) is 29.7 Å². The quantitative estimate of drug-likeness (QED) is 0.291. The minimum atomic E-state index is -1.11. The number of carboxylic acids is 1. The predicted octanol–water partition coefficient (Wildman–Crippen LogP) is 2.47. The number of nitrogens with one attached hydrogen (secondary N) is 1. The average Bonchev–Trinajstić information content (AvgIpc) is 3.09. The summed E-state index contributed by atoms with van der Waals surface area (Å²) in [6, 6.07) is 10.3. The summed E-state index contributed by atoms with van der Waals surface area (Å²) >= 11 is 4.09. The maximum atomic E-state index is 13.2. The van der Waals surface area contributed by atoms with Crippen molar-refractivity contribution in [2.75, 3.05) is 29.1 Å². The minimum Gasteiger partial charge on any atom is -0.505 e. The van der Waals surface area contributed by atoms with Crippen LogP contribution < -0.4 is 20.9 Å². The second-order valence-corrected chi connectivity index (χ2v) is 9.43. The fourth-order valence-electron chi connectivity index (χ4n) is 4.12. The molecule has 5 N–H and O–H groups in total. The fourth-order valence-corrected chi connectivity index (χ4v) is 4.27. The van der Waals surface area contributed by atoms with Crippen molar-refractivity contribution in [1.82, 2.24) is 5.32 Å². The third-order valence-electron chi connectivity index (χ3n) is 6.52. The van der Waals surface area contributed by atoms with Gasteiger partial charge in [-0.25, -0.2) is 4.79 Å². The Morgan fingerprint density at radius 1 is 1.18 bits per heavy atom. The van der Waals surface area contributed by atoms with E-state index in [1.165, 1.54) is 18.1 Å². The van der Waals surface area contributed by atoms with Gasteiger partial charge in [-0.2, -0.15) is 12.6 Å². The second-order valence-electron chi connectivity index (χ2n) is 9.07. The number of benzene rings is 2. The molecule has 0 aromatic heterocycles. The molecule has 202 valence electrons. The second kappa shape index (κ2) is 12.6. The van der Waals surface area contributed by atoms with Crippen molar-refractivity contribution >= 4 is 53.7 Å². The fraction of sp³-hybridized carbons (Fsp3) is 0.333. The van der Waals surface area contributed by atoms with E-state index in [0.717, 1.165) is 5.56 Å². The number of aromatic hydroxyl groups is 1. The van der Waals surface area contributed by atoms with E-state index in [2.05, 4.69) is 22.9 Å². The van der Waals surface area contributed by atoms with E-state index in [0.29, 0.717) is 23.4 Å². The Kier molecular flexibility index (Phi) is 9.54. The standard InChI is InChI=1S/C27H33N5O5S/c1-4-16(2)24(27(36)37)30-23(33)14-32-20-10-6-5-8-17(20)12-29-13-22(32)18-9-7-11-21(25(18)34)31(3)26(35)19(28)15-38/h5-13,16,19,24,34,38H,4,14-15,28H2,1-3H3,(H,30,33)(H,36,37)/t16-,19?,24-/m0/s1. The summed E-state index contributed by atoms with van der Waals surface area (Å²) in [7, 11) is 1.51. The summed E-state index contributed by atoms with van der Waals surface area (Å²) in [5.41, 5.74) is 8.14. The van der Waals surface area contributed by atoms with Crippen LogP contribution in [0.1, 0.15) is 31.4 Å². The molecule has 1 aliphatic heterocycles. The van der Waals surface area contributed by atoms with Gasteiger partial charge in [0.1, 0.15) is 18.3 Å². The number of carboxylic acid groups (broad SMARTS) is 1. The van der Waals surface area contributed by atoms with Crippen molar-refractivity contribution in [3.8, 4) is 5.75 Å². The van der Waals surface area contributed by atoms with Gasteiger partial charge in [0.2, 0.25) is 11.8 Å². The zero-order chi connectivity index (χ0) is 28.0. The summed E-state index contributed by atoms with van der Waals surface area (Å²) in [6.45, 7) is 3.38. The topological polar surface area (TPSA) is 149 Å². The maximum absolute atomic E-state index is 13.2. The number of phenols is 1. The van der Waals surface area contributed by atoms with Crippen LogP contribution in [-0.4, -0.2) is 65.6 Å². The monoisotopic (exact) mass is 539 g/mol.